The van der Waals surface area contributed by atoms with Crippen LogP contribution in [0.25, 0.3) is 0 Å². The minimum Gasteiger partial charge on any atom is -0.371 e. The van der Waals surface area contributed by atoms with Crippen molar-refractivity contribution in [1.29, 1.82) is 0 Å². The van der Waals surface area contributed by atoms with Gasteiger partial charge in [-0.1, -0.05) is 17.7 Å². The van der Waals surface area contributed by atoms with Gasteiger partial charge in [0.2, 0.25) is 5.91 Å². The highest BCUT2D eigenvalue weighted by Gasteiger charge is 2.60. The first-order valence-electron chi connectivity index (χ1n) is 7.91. The number of primary amides is 1. The Balaban J connectivity index is 1.72. The average Bonchev–Trinajstić information content (AvgIpc) is 2.42. The summed E-state index contributed by atoms with van der Waals surface area (Å²) in [6.07, 6.45) is 5.93. The van der Waals surface area contributed by atoms with Gasteiger partial charge in [0, 0.05) is 10.7 Å². The monoisotopic (exact) mass is 304 g/mol. The molecule has 0 radical (unpaired) electrons. The van der Waals surface area contributed by atoms with Gasteiger partial charge in [0.25, 0.3) is 0 Å². The molecular weight excluding hydrogens is 284 g/mol. The molecule has 112 valence electrons. The van der Waals surface area contributed by atoms with Crippen LogP contribution in [0.5, 0.6) is 0 Å². The largest absolute Gasteiger partial charge is 0.371 e. The Hall–Kier alpha value is -1.22. The first-order valence-corrected chi connectivity index (χ1v) is 8.29. The Morgan fingerprint density at radius 3 is 2.29 bits per heavy atom. The van der Waals surface area contributed by atoms with Crippen LogP contribution in [0.4, 0.5) is 5.69 Å². The zero-order valence-electron chi connectivity index (χ0n) is 12.0. The fraction of sp³-hybridized carbons (Fsp3) is 0.588. The number of benzene rings is 1. The van der Waals surface area contributed by atoms with Crippen molar-refractivity contribution in [2.75, 3.05) is 5.32 Å². The molecule has 21 heavy (non-hydrogen) atoms. The highest BCUT2D eigenvalue weighted by molar-refractivity contribution is 6.30. The average molecular weight is 305 g/mol. The number of carbonyl (C=O) groups excluding carboxylic acids is 1. The Labute approximate surface area is 130 Å². The first kappa shape index (κ1) is 13.4. The lowest BCUT2D eigenvalue weighted by Gasteiger charge is -2.60. The minimum absolute atomic E-state index is 0.184. The van der Waals surface area contributed by atoms with Gasteiger partial charge in [-0.05, 0) is 74.0 Å². The lowest BCUT2D eigenvalue weighted by Crippen LogP contribution is -2.67. The molecule has 0 atom stereocenters. The molecule has 3 N–H and O–H groups in total. The number of nitrogens with one attached hydrogen (secondary N) is 1. The fourth-order valence-electron chi connectivity index (χ4n) is 5.40. The van der Waals surface area contributed by atoms with Crippen molar-refractivity contribution in [3.63, 3.8) is 0 Å². The number of rotatable bonds is 3. The highest BCUT2D eigenvalue weighted by Crippen LogP contribution is 2.59. The third kappa shape index (κ3) is 1.97. The predicted molar refractivity (Wildman–Crippen MR) is 84.0 cm³/mol. The zero-order chi connectivity index (χ0) is 14.6. The molecule has 0 heterocycles. The van der Waals surface area contributed by atoms with Crippen molar-refractivity contribution in [3.8, 4) is 0 Å². The van der Waals surface area contributed by atoms with Gasteiger partial charge in [-0.25, -0.2) is 0 Å². The van der Waals surface area contributed by atoms with E-state index in [0.717, 1.165) is 43.2 Å². The second-order valence-corrected chi connectivity index (χ2v) is 7.61. The second-order valence-electron chi connectivity index (χ2n) is 7.17. The summed E-state index contributed by atoms with van der Waals surface area (Å²) < 4.78 is 0. The molecule has 4 bridgehead atoms. The molecule has 0 spiro atoms. The van der Waals surface area contributed by atoms with Gasteiger partial charge in [0.15, 0.2) is 0 Å². The summed E-state index contributed by atoms with van der Waals surface area (Å²) in [5, 5.41) is 4.20. The van der Waals surface area contributed by atoms with Gasteiger partial charge in [0.1, 0.15) is 5.54 Å². The Morgan fingerprint density at radius 2 is 1.76 bits per heavy atom. The topological polar surface area (TPSA) is 55.1 Å². The smallest absolute Gasteiger partial charge is 0.243 e. The molecule has 4 heteroatoms. The van der Waals surface area contributed by atoms with Gasteiger partial charge in [-0.2, -0.15) is 0 Å². The van der Waals surface area contributed by atoms with Crippen LogP contribution < -0.4 is 11.1 Å². The summed E-state index contributed by atoms with van der Waals surface area (Å²) in [7, 11) is 0. The van der Waals surface area contributed by atoms with Gasteiger partial charge in [-0.15, -0.1) is 0 Å². The molecule has 3 nitrogen and oxygen atoms in total. The fourth-order valence-corrected chi connectivity index (χ4v) is 5.59. The quantitative estimate of drug-likeness (QED) is 0.899. The SMILES string of the molecule is NC(=O)C1(Nc2cccc(Cl)c2)C2CC3CC(C2)CC1C3. The van der Waals surface area contributed by atoms with Crippen molar-refractivity contribution < 1.29 is 4.79 Å². The molecule has 5 rings (SSSR count). The molecule has 4 aliphatic rings. The van der Waals surface area contributed by atoms with Crippen LogP contribution in [0.15, 0.2) is 24.3 Å². The summed E-state index contributed by atoms with van der Waals surface area (Å²) in [6, 6.07) is 7.62. The number of carbonyl (C=O) groups is 1. The molecule has 0 aromatic heterocycles. The molecule has 1 aromatic carbocycles. The van der Waals surface area contributed by atoms with Gasteiger partial charge in [-0.3, -0.25) is 4.79 Å². The van der Waals surface area contributed by atoms with E-state index in [2.05, 4.69) is 5.32 Å². The van der Waals surface area contributed by atoms with E-state index >= 15 is 0 Å². The molecule has 0 saturated heterocycles. The van der Waals surface area contributed by atoms with Crippen molar-refractivity contribution in [1.82, 2.24) is 0 Å². The minimum atomic E-state index is -0.571. The normalized spacial score (nSPS) is 40.2. The van der Waals surface area contributed by atoms with E-state index in [-0.39, 0.29) is 5.91 Å². The van der Waals surface area contributed by atoms with Crippen molar-refractivity contribution in [3.05, 3.63) is 29.3 Å². The van der Waals surface area contributed by atoms with E-state index in [4.69, 9.17) is 17.3 Å². The van der Waals surface area contributed by atoms with Crippen LogP contribution >= 0.6 is 11.6 Å². The van der Waals surface area contributed by atoms with Crippen LogP contribution in [-0.4, -0.2) is 11.4 Å². The molecule has 0 aliphatic heterocycles. The number of hydrogen-bond donors (Lipinski definition) is 2. The zero-order valence-corrected chi connectivity index (χ0v) is 12.8. The van der Waals surface area contributed by atoms with E-state index in [1.807, 2.05) is 24.3 Å². The molecule has 0 unspecified atom stereocenters. The van der Waals surface area contributed by atoms with Crippen LogP contribution in [-0.2, 0) is 4.79 Å². The summed E-state index contributed by atoms with van der Waals surface area (Å²) in [5.41, 5.74) is 6.24. The van der Waals surface area contributed by atoms with Gasteiger partial charge in [0.05, 0.1) is 0 Å². The molecule has 4 saturated carbocycles. The lowest BCUT2D eigenvalue weighted by atomic mass is 9.48. The number of amides is 1. The summed E-state index contributed by atoms with van der Waals surface area (Å²) in [5.74, 6) is 2.19. The van der Waals surface area contributed by atoms with Crippen LogP contribution in [0.2, 0.25) is 5.02 Å². The molecule has 1 amide bonds. The maximum absolute atomic E-state index is 12.4. The maximum atomic E-state index is 12.4. The summed E-state index contributed by atoms with van der Waals surface area (Å²) in [4.78, 5) is 12.4. The summed E-state index contributed by atoms with van der Waals surface area (Å²) in [6.45, 7) is 0. The standard InChI is InChI=1S/C17H21ClN2O/c18-14-2-1-3-15(9-14)20-17(16(19)21)12-5-10-4-11(7-12)8-13(17)6-10/h1-3,9-13,20H,4-8H2,(H2,19,21). The third-order valence-corrected chi connectivity index (χ3v) is 6.24. The Morgan fingerprint density at radius 1 is 1.14 bits per heavy atom. The predicted octanol–water partition coefficient (Wildman–Crippen LogP) is 3.43. The lowest BCUT2D eigenvalue weighted by molar-refractivity contribution is -0.136. The molecule has 4 aliphatic carbocycles. The number of hydrogen-bond acceptors (Lipinski definition) is 2. The van der Waals surface area contributed by atoms with Gasteiger partial charge < -0.3 is 11.1 Å². The number of halogens is 1. The van der Waals surface area contributed by atoms with E-state index in [1.54, 1.807) is 0 Å². The first-order chi connectivity index (χ1) is 10.1. The Kier molecular flexibility index (Phi) is 2.97. The van der Waals surface area contributed by atoms with Crippen molar-refractivity contribution in [2.24, 2.45) is 29.4 Å². The molecular formula is C17H21ClN2O. The van der Waals surface area contributed by atoms with Crippen LogP contribution in [0, 0.1) is 23.7 Å². The van der Waals surface area contributed by atoms with Crippen LogP contribution in [0.1, 0.15) is 32.1 Å². The van der Waals surface area contributed by atoms with Crippen molar-refractivity contribution >= 4 is 23.2 Å². The van der Waals surface area contributed by atoms with Gasteiger partial charge >= 0.3 is 0 Å². The highest BCUT2D eigenvalue weighted by atomic mass is 35.5. The van der Waals surface area contributed by atoms with E-state index in [0.29, 0.717) is 16.9 Å². The second kappa shape index (κ2) is 4.64. The number of nitrogens with two attached hydrogens (primary N) is 1. The van der Waals surface area contributed by atoms with E-state index in [1.165, 1.54) is 6.42 Å². The summed E-state index contributed by atoms with van der Waals surface area (Å²) >= 11 is 6.08. The van der Waals surface area contributed by atoms with E-state index < -0.39 is 5.54 Å². The molecule has 4 fully saturated rings. The third-order valence-electron chi connectivity index (χ3n) is 6.01. The Bertz CT molecular complexity index is 558. The maximum Gasteiger partial charge on any atom is 0.243 e. The molecule has 1 aromatic rings. The van der Waals surface area contributed by atoms with E-state index in [9.17, 15) is 4.79 Å². The van der Waals surface area contributed by atoms with Crippen LogP contribution in [0.3, 0.4) is 0 Å². The number of anilines is 1. The van der Waals surface area contributed by atoms with Crippen molar-refractivity contribution in [2.45, 2.75) is 37.6 Å².